The molecule has 1 aromatic carbocycles. The molecule has 0 fully saturated rings. The number of hydrogen-bond acceptors (Lipinski definition) is 1. The summed E-state index contributed by atoms with van der Waals surface area (Å²) in [5.74, 6) is 0.628. The van der Waals surface area contributed by atoms with Gasteiger partial charge in [0.2, 0.25) is 0 Å². The lowest BCUT2D eigenvalue weighted by atomic mass is 10.0. The molecule has 0 unspecified atom stereocenters. The van der Waals surface area contributed by atoms with E-state index < -0.39 is 0 Å². The normalized spacial score (nSPS) is 11.4. The van der Waals surface area contributed by atoms with E-state index in [-0.39, 0.29) is 0 Å². The van der Waals surface area contributed by atoms with Gasteiger partial charge in [0.05, 0.1) is 0 Å². The van der Waals surface area contributed by atoms with Crippen molar-refractivity contribution < 1.29 is 0 Å². The van der Waals surface area contributed by atoms with Crippen LogP contribution in [0.3, 0.4) is 0 Å². The van der Waals surface area contributed by atoms with Crippen molar-refractivity contribution in [2.75, 3.05) is 0 Å². The van der Waals surface area contributed by atoms with Crippen molar-refractivity contribution in [3.63, 3.8) is 0 Å². The maximum absolute atomic E-state index is 2.33. The highest BCUT2D eigenvalue weighted by molar-refractivity contribution is 7.17. The lowest BCUT2D eigenvalue weighted by molar-refractivity contribution is 0.869. The molecule has 1 heteroatoms. The fourth-order valence-electron chi connectivity index (χ4n) is 1.53. The van der Waals surface area contributed by atoms with Gasteiger partial charge < -0.3 is 0 Å². The van der Waals surface area contributed by atoms with Crippen LogP contribution in [-0.2, 0) is 0 Å². The van der Waals surface area contributed by atoms with Crippen LogP contribution in [0.5, 0.6) is 0 Å². The molecule has 68 valence electrons. The second-order valence-corrected chi connectivity index (χ2v) is 4.74. The molecule has 0 saturated carbocycles. The summed E-state index contributed by atoms with van der Waals surface area (Å²) < 4.78 is 1.40. The third-order valence-corrected chi connectivity index (χ3v) is 3.54. The highest BCUT2D eigenvalue weighted by Gasteiger charge is 2.03. The minimum absolute atomic E-state index is 0.628. The number of aryl methyl sites for hydroxylation is 1. The van der Waals surface area contributed by atoms with Gasteiger partial charge in [-0.25, -0.2) is 0 Å². The predicted molar refractivity (Wildman–Crippen MR) is 60.7 cm³/mol. The molecule has 0 atom stereocenters. The van der Waals surface area contributed by atoms with Gasteiger partial charge in [0, 0.05) is 4.70 Å². The Hall–Kier alpha value is -0.820. The summed E-state index contributed by atoms with van der Waals surface area (Å²) in [5.41, 5.74) is 2.84. The largest absolute Gasteiger partial charge is 0.144 e. The Morgan fingerprint density at radius 1 is 1.23 bits per heavy atom. The molecule has 0 radical (unpaired) electrons. The first-order valence-corrected chi connectivity index (χ1v) is 5.54. The van der Waals surface area contributed by atoms with Crippen LogP contribution in [0.2, 0.25) is 0 Å². The summed E-state index contributed by atoms with van der Waals surface area (Å²) >= 11 is 1.83. The van der Waals surface area contributed by atoms with E-state index in [9.17, 15) is 0 Å². The van der Waals surface area contributed by atoms with Crippen LogP contribution in [-0.4, -0.2) is 0 Å². The zero-order valence-corrected chi connectivity index (χ0v) is 9.11. The monoisotopic (exact) mass is 190 g/mol. The van der Waals surface area contributed by atoms with Gasteiger partial charge in [0.15, 0.2) is 0 Å². The summed E-state index contributed by atoms with van der Waals surface area (Å²) in [6.07, 6.45) is 0. The fraction of sp³-hybridized carbons (Fsp3) is 0.333. The third kappa shape index (κ3) is 1.49. The van der Waals surface area contributed by atoms with E-state index in [4.69, 9.17) is 0 Å². The van der Waals surface area contributed by atoms with E-state index >= 15 is 0 Å². The fourth-order valence-corrected chi connectivity index (χ4v) is 2.46. The summed E-state index contributed by atoms with van der Waals surface area (Å²) in [7, 11) is 0. The average molecular weight is 190 g/mol. The number of hydrogen-bond donors (Lipinski definition) is 0. The van der Waals surface area contributed by atoms with Gasteiger partial charge in [-0.2, -0.15) is 0 Å². The van der Waals surface area contributed by atoms with Crippen LogP contribution in [0.4, 0.5) is 0 Å². The van der Waals surface area contributed by atoms with Crippen LogP contribution >= 0.6 is 11.3 Å². The van der Waals surface area contributed by atoms with E-state index in [0.717, 1.165) is 0 Å². The molecule has 2 rings (SSSR count). The molecule has 13 heavy (non-hydrogen) atoms. The minimum atomic E-state index is 0.628. The number of rotatable bonds is 1. The summed E-state index contributed by atoms with van der Waals surface area (Å²) in [6.45, 7) is 6.66. The first kappa shape index (κ1) is 8.76. The van der Waals surface area contributed by atoms with Crippen LogP contribution in [0.15, 0.2) is 23.6 Å². The highest BCUT2D eigenvalue weighted by atomic mass is 32.1. The van der Waals surface area contributed by atoms with E-state index in [1.165, 1.54) is 21.2 Å². The standard InChI is InChI=1S/C12H14S/c1-8(2)10-4-5-12-11(6-10)9(3)7-13-12/h4-8H,1-3H3. The Balaban J connectivity index is 2.66. The molecule has 0 aliphatic rings. The van der Waals surface area contributed by atoms with Crippen molar-refractivity contribution in [1.29, 1.82) is 0 Å². The lowest BCUT2D eigenvalue weighted by Gasteiger charge is -2.04. The molecular formula is C12H14S. The van der Waals surface area contributed by atoms with Crippen LogP contribution < -0.4 is 0 Å². The summed E-state index contributed by atoms with van der Waals surface area (Å²) in [6, 6.07) is 6.80. The Labute approximate surface area is 83.2 Å². The number of benzene rings is 1. The highest BCUT2D eigenvalue weighted by Crippen LogP contribution is 2.28. The van der Waals surface area contributed by atoms with Gasteiger partial charge in [0.1, 0.15) is 0 Å². The molecule has 0 spiro atoms. The van der Waals surface area contributed by atoms with Crippen LogP contribution in [0.1, 0.15) is 30.9 Å². The lowest BCUT2D eigenvalue weighted by Crippen LogP contribution is -1.85. The molecule has 0 amide bonds. The minimum Gasteiger partial charge on any atom is -0.144 e. The molecule has 0 aliphatic carbocycles. The van der Waals surface area contributed by atoms with Gasteiger partial charge in [-0.1, -0.05) is 19.9 Å². The summed E-state index contributed by atoms with van der Waals surface area (Å²) in [4.78, 5) is 0. The van der Waals surface area contributed by atoms with Gasteiger partial charge >= 0.3 is 0 Å². The first-order valence-electron chi connectivity index (χ1n) is 4.66. The Bertz CT molecular complexity index is 424. The predicted octanol–water partition coefficient (Wildman–Crippen LogP) is 4.33. The maximum Gasteiger partial charge on any atom is 0.0345 e. The van der Waals surface area contributed by atoms with Crippen molar-refractivity contribution >= 4 is 21.4 Å². The topological polar surface area (TPSA) is 0 Å². The Morgan fingerprint density at radius 3 is 2.69 bits per heavy atom. The van der Waals surface area contributed by atoms with Crippen molar-refractivity contribution in [3.8, 4) is 0 Å². The maximum atomic E-state index is 2.33. The number of thiophene rings is 1. The molecule has 1 aromatic heterocycles. The SMILES string of the molecule is Cc1csc2ccc(C(C)C)cc12. The van der Waals surface area contributed by atoms with E-state index in [0.29, 0.717) is 5.92 Å². The zero-order chi connectivity index (χ0) is 9.42. The Kier molecular flexibility index (Phi) is 2.12. The quantitative estimate of drug-likeness (QED) is 0.627. The second kappa shape index (κ2) is 3.15. The smallest absolute Gasteiger partial charge is 0.0345 e. The molecule has 0 aliphatic heterocycles. The van der Waals surface area contributed by atoms with Crippen LogP contribution in [0, 0.1) is 6.92 Å². The molecule has 1 heterocycles. The van der Waals surface area contributed by atoms with E-state index in [1.807, 2.05) is 11.3 Å². The molecular weight excluding hydrogens is 176 g/mol. The van der Waals surface area contributed by atoms with Gasteiger partial charge in [-0.15, -0.1) is 11.3 Å². The van der Waals surface area contributed by atoms with Crippen molar-refractivity contribution in [3.05, 3.63) is 34.7 Å². The molecule has 0 saturated heterocycles. The van der Waals surface area contributed by atoms with Gasteiger partial charge in [0.25, 0.3) is 0 Å². The van der Waals surface area contributed by atoms with E-state index in [1.54, 1.807) is 0 Å². The number of fused-ring (bicyclic) bond motifs is 1. The molecule has 2 aromatic rings. The van der Waals surface area contributed by atoms with Crippen molar-refractivity contribution in [2.24, 2.45) is 0 Å². The zero-order valence-electron chi connectivity index (χ0n) is 8.29. The van der Waals surface area contributed by atoms with E-state index in [2.05, 4.69) is 44.4 Å². The third-order valence-electron chi connectivity index (χ3n) is 2.46. The Morgan fingerprint density at radius 2 is 2.00 bits per heavy atom. The summed E-state index contributed by atoms with van der Waals surface area (Å²) in [5, 5.41) is 3.66. The van der Waals surface area contributed by atoms with Crippen molar-refractivity contribution in [2.45, 2.75) is 26.7 Å². The molecule has 0 N–H and O–H groups in total. The first-order chi connectivity index (χ1) is 6.18. The molecule has 0 nitrogen and oxygen atoms in total. The van der Waals surface area contributed by atoms with Crippen LogP contribution in [0.25, 0.3) is 10.1 Å². The average Bonchev–Trinajstić information content (AvgIpc) is 2.47. The van der Waals surface area contributed by atoms with Gasteiger partial charge in [-0.3, -0.25) is 0 Å². The van der Waals surface area contributed by atoms with Gasteiger partial charge in [-0.05, 0) is 46.9 Å². The second-order valence-electron chi connectivity index (χ2n) is 3.83. The van der Waals surface area contributed by atoms with Crippen molar-refractivity contribution in [1.82, 2.24) is 0 Å². The molecule has 0 bridgehead atoms.